The highest BCUT2D eigenvalue weighted by Gasteiger charge is 1.91. The third kappa shape index (κ3) is 5.71. The van der Waals surface area contributed by atoms with Crippen molar-refractivity contribution in [1.29, 1.82) is 0 Å². The van der Waals surface area contributed by atoms with Crippen molar-refractivity contribution in [2.45, 2.75) is 0 Å². The second-order valence-corrected chi connectivity index (χ2v) is 1.77. The molecule has 0 aliphatic heterocycles. The number of carbonyl (C=O) groups excluding carboxylic acids is 1. The molecule has 3 nitrogen and oxygen atoms in total. The van der Waals surface area contributed by atoms with Crippen molar-refractivity contribution in [2.75, 3.05) is 0 Å². The monoisotopic (exact) mass is 137 g/mol. The molecule has 7 heavy (non-hydrogen) atoms. The van der Waals surface area contributed by atoms with Crippen molar-refractivity contribution in [3.05, 3.63) is 0 Å². The van der Waals surface area contributed by atoms with E-state index in [0.717, 1.165) is 0 Å². The molecule has 5 heteroatoms. The van der Waals surface area contributed by atoms with Crippen molar-refractivity contribution in [3.63, 3.8) is 0 Å². The third-order valence-corrected chi connectivity index (χ3v) is 0.363. The Morgan fingerprint density at radius 3 is 2.29 bits per heavy atom. The molecule has 0 spiro atoms. The molecule has 0 aromatic heterocycles. The van der Waals surface area contributed by atoms with Crippen LogP contribution in [0.4, 0.5) is 4.79 Å². The maximum Gasteiger partial charge on any atom is 0.411 e. The normalized spacial score (nSPS) is 7.57. The molecule has 2 N–H and O–H groups in total. The van der Waals surface area contributed by atoms with Crippen LogP contribution in [0.3, 0.4) is 0 Å². The lowest BCUT2D eigenvalue weighted by atomic mass is 11.2. The Hall–Kier alpha value is -0.290. The van der Waals surface area contributed by atoms with E-state index < -0.39 is 6.09 Å². The van der Waals surface area contributed by atoms with E-state index in [-0.39, 0.29) is 4.38 Å². The lowest BCUT2D eigenvalue weighted by Gasteiger charge is -1.89. The Morgan fingerprint density at radius 1 is 1.86 bits per heavy atom. The average Bonchev–Trinajstić information content (AvgIpc) is 1.27. The van der Waals surface area contributed by atoms with Gasteiger partial charge in [0.25, 0.3) is 0 Å². The smallest absolute Gasteiger partial charge is 0.393 e. The van der Waals surface area contributed by atoms with Gasteiger partial charge in [0.05, 0.1) is 0 Å². The van der Waals surface area contributed by atoms with Crippen LogP contribution >= 0.6 is 24.8 Å². The lowest BCUT2D eigenvalue weighted by Crippen LogP contribution is -2.13. The number of thiol groups is 1. The highest BCUT2D eigenvalue weighted by molar-refractivity contribution is 8.10. The summed E-state index contributed by atoms with van der Waals surface area (Å²) in [6, 6.07) is 0. The van der Waals surface area contributed by atoms with Gasteiger partial charge >= 0.3 is 6.09 Å². The van der Waals surface area contributed by atoms with Crippen LogP contribution in [0.5, 0.6) is 0 Å². The molecule has 0 radical (unpaired) electrons. The fourth-order valence-electron chi connectivity index (χ4n) is 0.0861. The van der Waals surface area contributed by atoms with E-state index in [4.69, 9.17) is 0 Å². The zero-order valence-corrected chi connectivity index (χ0v) is 4.96. The van der Waals surface area contributed by atoms with Crippen LogP contribution < -0.4 is 5.73 Å². The predicted molar refractivity (Wildman–Crippen MR) is 32.3 cm³/mol. The summed E-state index contributed by atoms with van der Waals surface area (Å²) in [6.07, 6.45) is -0.931. The fraction of sp³-hybridized carbons (Fsp3) is 0. The molecular weight excluding hydrogens is 134 g/mol. The zero-order chi connectivity index (χ0) is 5.86. The van der Waals surface area contributed by atoms with Crippen molar-refractivity contribution in [3.8, 4) is 0 Å². The highest BCUT2D eigenvalue weighted by Crippen LogP contribution is 1.84. The summed E-state index contributed by atoms with van der Waals surface area (Å²) in [4.78, 5) is 9.67. The van der Waals surface area contributed by atoms with Gasteiger partial charge in [-0.15, -0.1) is 0 Å². The van der Waals surface area contributed by atoms with Gasteiger partial charge in [-0.1, -0.05) is 12.6 Å². The largest absolute Gasteiger partial charge is 0.411 e. The van der Waals surface area contributed by atoms with E-state index in [1.165, 1.54) is 0 Å². The number of ether oxygens (including phenoxy) is 1. The molecular formula is C2H3NO2S2. The minimum atomic E-state index is -0.931. The molecule has 0 saturated carbocycles. The van der Waals surface area contributed by atoms with Gasteiger partial charge in [-0.05, 0) is 12.2 Å². The quantitative estimate of drug-likeness (QED) is 0.373. The van der Waals surface area contributed by atoms with Crippen LogP contribution in [0.2, 0.25) is 0 Å². The minimum Gasteiger partial charge on any atom is -0.393 e. The first-order valence-corrected chi connectivity index (χ1v) is 2.18. The van der Waals surface area contributed by atoms with Gasteiger partial charge in [-0.3, -0.25) is 0 Å². The number of carbonyl (C=O) groups is 1. The SMILES string of the molecule is NC(=O)OC(=S)S. The first-order chi connectivity index (χ1) is 3.13. The van der Waals surface area contributed by atoms with Gasteiger partial charge < -0.3 is 10.5 Å². The van der Waals surface area contributed by atoms with Crippen LogP contribution in [-0.4, -0.2) is 10.5 Å². The predicted octanol–water partition coefficient (Wildman–Crippen LogP) is 0.296. The summed E-state index contributed by atoms with van der Waals surface area (Å²) < 4.78 is 3.82. The van der Waals surface area contributed by atoms with E-state index >= 15 is 0 Å². The minimum absolute atomic E-state index is 0.160. The number of hydrogen-bond donors (Lipinski definition) is 2. The number of amides is 1. The van der Waals surface area contributed by atoms with Crippen LogP contribution in [0.1, 0.15) is 0 Å². The first kappa shape index (κ1) is 6.71. The Labute approximate surface area is 51.2 Å². The summed E-state index contributed by atoms with van der Waals surface area (Å²) in [5.74, 6) is 0. The summed E-state index contributed by atoms with van der Waals surface area (Å²) in [5.41, 5.74) is 4.50. The molecule has 0 atom stereocenters. The van der Waals surface area contributed by atoms with Crippen LogP contribution in [-0.2, 0) is 4.74 Å². The number of hydrogen-bond acceptors (Lipinski definition) is 3. The zero-order valence-electron chi connectivity index (χ0n) is 3.25. The maximum atomic E-state index is 9.67. The number of primary amides is 1. The molecule has 0 aliphatic carbocycles. The molecule has 0 unspecified atom stereocenters. The third-order valence-electron chi connectivity index (χ3n) is 0.188. The topological polar surface area (TPSA) is 52.3 Å². The Kier molecular flexibility index (Phi) is 2.70. The molecule has 1 amide bonds. The molecule has 0 aromatic rings. The Bertz CT molecular complexity index is 89.9. The van der Waals surface area contributed by atoms with Crippen LogP contribution in [0.15, 0.2) is 0 Å². The molecule has 40 valence electrons. The van der Waals surface area contributed by atoms with Gasteiger partial charge in [-0.25, -0.2) is 4.79 Å². The molecule has 0 bridgehead atoms. The van der Waals surface area contributed by atoms with Crippen molar-refractivity contribution < 1.29 is 9.53 Å². The lowest BCUT2D eigenvalue weighted by molar-refractivity contribution is 0.211. The number of nitrogens with two attached hydrogens (primary N) is 1. The summed E-state index contributed by atoms with van der Waals surface area (Å²) >= 11 is 7.66. The average molecular weight is 137 g/mol. The fourth-order valence-corrected chi connectivity index (χ4v) is 0.258. The molecule has 0 saturated heterocycles. The summed E-state index contributed by atoms with van der Waals surface area (Å²) in [7, 11) is 0. The Morgan fingerprint density at radius 2 is 2.29 bits per heavy atom. The maximum absolute atomic E-state index is 9.67. The van der Waals surface area contributed by atoms with Crippen LogP contribution in [0, 0.1) is 0 Å². The van der Waals surface area contributed by atoms with E-state index in [0.29, 0.717) is 0 Å². The first-order valence-electron chi connectivity index (χ1n) is 1.33. The number of thiocarbonyl (C=S) groups is 1. The van der Waals surface area contributed by atoms with E-state index in [9.17, 15) is 4.79 Å². The van der Waals surface area contributed by atoms with Gasteiger partial charge in [0.15, 0.2) is 0 Å². The van der Waals surface area contributed by atoms with Gasteiger partial charge in [0, 0.05) is 0 Å². The molecule has 0 heterocycles. The van der Waals surface area contributed by atoms with Crippen molar-refractivity contribution >= 4 is 35.3 Å². The van der Waals surface area contributed by atoms with Crippen LogP contribution in [0.25, 0.3) is 0 Å². The van der Waals surface area contributed by atoms with E-state index in [2.05, 4.69) is 35.3 Å². The highest BCUT2D eigenvalue weighted by atomic mass is 32.1. The molecule has 0 fully saturated rings. The summed E-state index contributed by atoms with van der Waals surface area (Å²) in [6.45, 7) is 0. The van der Waals surface area contributed by atoms with Gasteiger partial charge in [0.2, 0.25) is 4.38 Å². The second-order valence-electron chi connectivity index (χ2n) is 0.687. The molecule has 0 aliphatic rings. The number of rotatable bonds is 0. The van der Waals surface area contributed by atoms with Gasteiger partial charge in [-0.2, -0.15) is 0 Å². The van der Waals surface area contributed by atoms with Crippen molar-refractivity contribution in [2.24, 2.45) is 5.73 Å². The standard InChI is InChI=1S/C2H3NO2S2/c3-1(4)5-2(6)7/h(H2,3,4)(H,6,7). The van der Waals surface area contributed by atoms with E-state index in [1.54, 1.807) is 0 Å². The van der Waals surface area contributed by atoms with Gasteiger partial charge in [0.1, 0.15) is 0 Å². The van der Waals surface area contributed by atoms with Crippen molar-refractivity contribution in [1.82, 2.24) is 0 Å². The van der Waals surface area contributed by atoms with E-state index in [1.807, 2.05) is 0 Å². The Balaban J connectivity index is 3.32. The molecule has 0 rings (SSSR count). The second kappa shape index (κ2) is 2.81. The summed E-state index contributed by atoms with van der Waals surface area (Å²) in [5, 5.41) is 0. The molecule has 0 aromatic carbocycles.